The normalized spacial score (nSPS) is 20.9. The number of nitrogens with one attached hydrogen (secondary N) is 2. The van der Waals surface area contributed by atoms with Crippen LogP contribution in [0.2, 0.25) is 0 Å². The molecule has 0 unspecified atom stereocenters. The summed E-state index contributed by atoms with van der Waals surface area (Å²) in [6.45, 7) is -0.0467. The van der Waals surface area contributed by atoms with Gasteiger partial charge in [-0.2, -0.15) is 0 Å². The number of sulfonamides is 1. The van der Waals surface area contributed by atoms with E-state index in [-0.39, 0.29) is 17.2 Å². The van der Waals surface area contributed by atoms with Gasteiger partial charge in [-0.05, 0) is 29.8 Å². The molecule has 10 heteroatoms. The minimum atomic E-state index is -3.87. The lowest BCUT2D eigenvalue weighted by Gasteiger charge is -2.31. The molecule has 1 aliphatic heterocycles. The van der Waals surface area contributed by atoms with Gasteiger partial charge >= 0.3 is 0 Å². The van der Waals surface area contributed by atoms with Crippen molar-refractivity contribution in [3.05, 3.63) is 66.5 Å². The number of methoxy groups -OCH3 is 1. The van der Waals surface area contributed by atoms with E-state index in [9.17, 15) is 18.3 Å². The molecule has 0 bridgehead atoms. The molecule has 3 atom stereocenters. The Labute approximate surface area is 181 Å². The summed E-state index contributed by atoms with van der Waals surface area (Å²) in [4.78, 5) is 16.2. The van der Waals surface area contributed by atoms with Crippen LogP contribution < -0.4 is 14.8 Å². The van der Waals surface area contributed by atoms with Gasteiger partial charge in [0.1, 0.15) is 11.9 Å². The molecular formula is C21H25N3O6S. The Morgan fingerprint density at radius 3 is 2.71 bits per heavy atom. The fourth-order valence-electron chi connectivity index (χ4n) is 3.08. The molecule has 1 aromatic carbocycles. The minimum absolute atomic E-state index is 0.0366. The molecule has 3 N–H and O–H groups in total. The molecule has 0 spiro atoms. The molecule has 1 aromatic heterocycles. The second-order valence-corrected chi connectivity index (χ2v) is 8.66. The summed E-state index contributed by atoms with van der Waals surface area (Å²) in [5.41, 5.74) is 0.920. The Kier molecular flexibility index (Phi) is 7.75. The molecule has 2 aromatic rings. The number of ether oxygens (including phenoxy) is 2. The third-order valence-corrected chi connectivity index (χ3v) is 6.19. The number of carbonyl (C=O) groups excluding carboxylic acids is 1. The smallest absolute Gasteiger partial charge is 0.241 e. The number of nitrogens with zero attached hydrogens (tertiary/aromatic N) is 1. The minimum Gasteiger partial charge on any atom is -0.497 e. The van der Waals surface area contributed by atoms with Gasteiger partial charge in [0.2, 0.25) is 15.9 Å². The van der Waals surface area contributed by atoms with E-state index in [4.69, 9.17) is 9.47 Å². The second kappa shape index (κ2) is 10.5. The lowest BCUT2D eigenvalue weighted by atomic mass is 10.1. The van der Waals surface area contributed by atoms with Crippen LogP contribution in [0.15, 0.2) is 65.8 Å². The lowest BCUT2D eigenvalue weighted by molar-refractivity contribution is -0.125. The van der Waals surface area contributed by atoms with Gasteiger partial charge in [-0.25, -0.2) is 13.1 Å². The number of rotatable bonds is 9. The SMILES string of the molecule is COc1cccc(S(=O)(=O)N[C@@H]2C=C[C@@H](CC(=O)NCc3ccncc3)O[C@H]2CO)c1. The Morgan fingerprint density at radius 1 is 1.23 bits per heavy atom. The van der Waals surface area contributed by atoms with Gasteiger partial charge in [0, 0.05) is 25.0 Å². The highest BCUT2D eigenvalue weighted by molar-refractivity contribution is 7.89. The maximum atomic E-state index is 12.7. The van der Waals surface area contributed by atoms with Gasteiger partial charge in [-0.3, -0.25) is 9.78 Å². The first-order chi connectivity index (χ1) is 14.9. The highest BCUT2D eigenvalue weighted by Crippen LogP contribution is 2.20. The first-order valence-electron chi connectivity index (χ1n) is 9.68. The molecule has 1 aliphatic rings. The third kappa shape index (κ3) is 6.34. The van der Waals surface area contributed by atoms with Crippen LogP contribution in [-0.4, -0.2) is 56.4 Å². The van der Waals surface area contributed by atoms with E-state index in [1.807, 2.05) is 0 Å². The van der Waals surface area contributed by atoms with Crippen molar-refractivity contribution in [1.82, 2.24) is 15.0 Å². The van der Waals surface area contributed by atoms with Crippen molar-refractivity contribution in [1.29, 1.82) is 0 Å². The van der Waals surface area contributed by atoms with Gasteiger partial charge in [-0.15, -0.1) is 0 Å². The van der Waals surface area contributed by atoms with Crippen LogP contribution in [0.5, 0.6) is 5.75 Å². The zero-order chi connectivity index (χ0) is 22.3. The predicted molar refractivity (Wildman–Crippen MR) is 113 cm³/mol. The molecule has 9 nitrogen and oxygen atoms in total. The van der Waals surface area contributed by atoms with Crippen molar-refractivity contribution >= 4 is 15.9 Å². The van der Waals surface area contributed by atoms with Crippen LogP contribution in [0.4, 0.5) is 0 Å². The second-order valence-electron chi connectivity index (χ2n) is 6.94. The first-order valence-corrected chi connectivity index (χ1v) is 11.2. The first kappa shape index (κ1) is 22.9. The fourth-order valence-corrected chi connectivity index (χ4v) is 4.34. The van der Waals surface area contributed by atoms with Crippen LogP contribution in [0, 0.1) is 0 Å². The highest BCUT2D eigenvalue weighted by atomic mass is 32.2. The summed E-state index contributed by atoms with van der Waals surface area (Å²) >= 11 is 0. The van der Waals surface area contributed by atoms with Gasteiger partial charge in [0.05, 0.1) is 37.2 Å². The standard InChI is InChI=1S/C21H25N3O6S/c1-29-16-3-2-4-18(11-16)31(27,28)24-19-6-5-17(30-20(19)14-25)12-21(26)23-13-15-7-9-22-10-8-15/h2-11,17,19-20,24-25H,12-14H2,1H3,(H,23,26)/t17-,19+,20-/m0/s1. The average molecular weight is 448 g/mol. The molecule has 1 amide bonds. The predicted octanol–water partition coefficient (Wildman–Crippen LogP) is 0.759. The van der Waals surface area contributed by atoms with Crippen molar-refractivity contribution in [2.24, 2.45) is 0 Å². The largest absolute Gasteiger partial charge is 0.497 e. The Balaban J connectivity index is 1.60. The third-order valence-electron chi connectivity index (χ3n) is 4.73. The van der Waals surface area contributed by atoms with Crippen molar-refractivity contribution in [3.8, 4) is 5.75 Å². The number of carbonyl (C=O) groups is 1. The number of aromatic nitrogens is 1. The molecule has 0 aliphatic carbocycles. The van der Waals surface area contributed by atoms with Crippen molar-refractivity contribution in [2.45, 2.75) is 36.1 Å². The number of benzene rings is 1. The maximum absolute atomic E-state index is 12.7. The zero-order valence-corrected chi connectivity index (χ0v) is 17.8. The number of aliphatic hydroxyl groups excluding tert-OH is 1. The average Bonchev–Trinajstić information content (AvgIpc) is 2.79. The van der Waals surface area contributed by atoms with Gasteiger partial charge in [0.25, 0.3) is 0 Å². The summed E-state index contributed by atoms with van der Waals surface area (Å²) in [5, 5.41) is 12.5. The topological polar surface area (TPSA) is 127 Å². The molecule has 31 heavy (non-hydrogen) atoms. The number of hydrogen-bond acceptors (Lipinski definition) is 7. The van der Waals surface area contributed by atoms with Crippen LogP contribution in [0.3, 0.4) is 0 Å². The number of aliphatic hydroxyl groups is 1. The van der Waals surface area contributed by atoms with E-state index < -0.39 is 34.9 Å². The monoisotopic (exact) mass is 447 g/mol. The van der Waals surface area contributed by atoms with E-state index in [0.29, 0.717) is 12.3 Å². The number of amides is 1. The van der Waals surface area contributed by atoms with E-state index >= 15 is 0 Å². The summed E-state index contributed by atoms with van der Waals surface area (Å²) < 4.78 is 38.7. The Hall–Kier alpha value is -2.79. The zero-order valence-electron chi connectivity index (χ0n) is 17.0. The lowest BCUT2D eigenvalue weighted by Crippen LogP contribution is -2.49. The number of hydrogen-bond donors (Lipinski definition) is 3. The maximum Gasteiger partial charge on any atom is 0.241 e. The molecule has 0 radical (unpaired) electrons. The van der Waals surface area contributed by atoms with Gasteiger partial charge < -0.3 is 19.9 Å². The molecular weight excluding hydrogens is 422 g/mol. The van der Waals surface area contributed by atoms with E-state index in [1.54, 1.807) is 48.8 Å². The molecule has 3 rings (SSSR count). The van der Waals surface area contributed by atoms with E-state index in [1.165, 1.54) is 19.2 Å². The van der Waals surface area contributed by atoms with Crippen molar-refractivity contribution < 1.29 is 27.8 Å². The Bertz CT molecular complexity index is 1010. The highest BCUT2D eigenvalue weighted by Gasteiger charge is 2.31. The van der Waals surface area contributed by atoms with Gasteiger partial charge in [0.15, 0.2) is 0 Å². The summed E-state index contributed by atoms with van der Waals surface area (Å²) in [5.74, 6) is 0.188. The molecule has 0 saturated heterocycles. The van der Waals surface area contributed by atoms with Crippen LogP contribution >= 0.6 is 0 Å². The van der Waals surface area contributed by atoms with E-state index in [2.05, 4.69) is 15.0 Å². The Morgan fingerprint density at radius 2 is 2.00 bits per heavy atom. The van der Waals surface area contributed by atoms with Crippen LogP contribution in [-0.2, 0) is 26.1 Å². The summed E-state index contributed by atoms with van der Waals surface area (Å²) in [6, 6.07) is 8.89. The van der Waals surface area contributed by atoms with Crippen molar-refractivity contribution in [2.75, 3.05) is 13.7 Å². The van der Waals surface area contributed by atoms with E-state index in [0.717, 1.165) is 5.56 Å². The summed E-state index contributed by atoms with van der Waals surface area (Å²) in [7, 11) is -2.42. The molecule has 2 heterocycles. The quantitative estimate of drug-likeness (QED) is 0.484. The molecule has 166 valence electrons. The van der Waals surface area contributed by atoms with Crippen LogP contribution in [0.1, 0.15) is 12.0 Å². The van der Waals surface area contributed by atoms with Crippen molar-refractivity contribution in [3.63, 3.8) is 0 Å². The number of pyridine rings is 1. The molecule has 0 fully saturated rings. The summed E-state index contributed by atoms with van der Waals surface area (Å²) in [6.07, 6.45) is 5.16. The van der Waals surface area contributed by atoms with Crippen LogP contribution in [0.25, 0.3) is 0 Å². The molecule has 0 saturated carbocycles. The fraction of sp³-hybridized carbons (Fsp3) is 0.333. The van der Waals surface area contributed by atoms with Gasteiger partial charge in [-0.1, -0.05) is 18.2 Å².